The molecule has 117 heavy (non-hydrogen) atoms. The van der Waals surface area contributed by atoms with Gasteiger partial charge in [-0.2, -0.15) is 15.3 Å². The summed E-state index contributed by atoms with van der Waals surface area (Å²) in [5.41, 5.74) is 14.2. The quantitative estimate of drug-likeness (QED) is 0.0716. The Labute approximate surface area is 689 Å². The lowest BCUT2D eigenvalue weighted by Gasteiger charge is -2.30. The van der Waals surface area contributed by atoms with Crippen molar-refractivity contribution < 1.29 is 46.7 Å². The van der Waals surface area contributed by atoms with Crippen LogP contribution in [-0.4, -0.2) is 113 Å². The molecule has 0 saturated heterocycles. The van der Waals surface area contributed by atoms with Crippen LogP contribution in [0.1, 0.15) is 151 Å². The number of benzene rings is 9. The monoisotopic (exact) mass is 1630 g/mol. The minimum atomic E-state index is -0.533. The minimum Gasteiger partial charge on any atom is -0.453 e. The van der Waals surface area contributed by atoms with Gasteiger partial charge in [0.25, 0.3) is 17.7 Å². The van der Waals surface area contributed by atoms with Gasteiger partial charge in [-0.15, -0.1) is 0 Å². The van der Waals surface area contributed by atoms with E-state index in [0.29, 0.717) is 73.2 Å². The van der Waals surface area contributed by atoms with Crippen molar-refractivity contribution in [1.29, 1.82) is 0 Å². The van der Waals surface area contributed by atoms with Gasteiger partial charge >= 0.3 is 12.1 Å². The lowest BCUT2D eigenvalue weighted by molar-refractivity contribution is -0.128. The molecule has 0 radical (unpaired) electrons. The molecule has 7 amide bonds. The number of fused-ring (bicyclic) bond motifs is 3. The fraction of sp³-hybridized carbons (Fsp3) is 0.176. The maximum absolute atomic E-state index is 13.7. The van der Waals surface area contributed by atoms with Gasteiger partial charge in [0, 0.05) is 58.3 Å². The number of methoxy groups -OCH3 is 1. The number of hydrogen-bond acceptors (Lipinski definition) is 10. The maximum Gasteiger partial charge on any atom is 0.410 e. The molecule has 0 unspecified atom stereocenters. The van der Waals surface area contributed by atoms with Gasteiger partial charge in [-0.05, 0) is 205 Å². The van der Waals surface area contributed by atoms with Crippen molar-refractivity contribution in [3.8, 4) is 17.1 Å². The number of hydrogen-bond donors (Lipinski definition) is 4. The Morgan fingerprint density at radius 3 is 0.974 bits per heavy atom. The van der Waals surface area contributed by atoms with Gasteiger partial charge in [-0.25, -0.2) is 36.8 Å². The number of urea groups is 1. The topological polar surface area (TPSA) is 223 Å². The second-order valence-corrected chi connectivity index (χ2v) is 29.4. The van der Waals surface area contributed by atoms with Crippen LogP contribution in [0.5, 0.6) is 0 Å². The molecule has 3 aliphatic heterocycles. The van der Waals surface area contributed by atoms with E-state index in [1.54, 1.807) is 96.6 Å². The zero-order valence-electron chi connectivity index (χ0n) is 64.6. The second kappa shape index (κ2) is 37.0. The lowest BCUT2D eigenvalue weighted by atomic mass is 9.97. The number of carbonyl (C=O) groups is 6. The number of nitrogens with one attached hydrogen (secondary N) is 4. The number of aromatic nitrogens is 6. The van der Waals surface area contributed by atoms with E-state index in [1.807, 2.05) is 173 Å². The van der Waals surface area contributed by atoms with Gasteiger partial charge in [0.05, 0.1) is 85.6 Å². The van der Waals surface area contributed by atoms with Crippen LogP contribution in [0, 0.1) is 17.5 Å². The molecule has 3 aromatic heterocycles. The van der Waals surface area contributed by atoms with Crippen molar-refractivity contribution in [3.63, 3.8) is 0 Å². The van der Waals surface area contributed by atoms with Crippen LogP contribution < -0.4 is 21.3 Å². The normalized spacial score (nSPS) is 14.6. The van der Waals surface area contributed by atoms with Gasteiger partial charge in [0.1, 0.15) is 17.5 Å². The second-order valence-electron chi connectivity index (χ2n) is 28.1. The summed E-state index contributed by atoms with van der Waals surface area (Å²) >= 11 is 18.4. The minimum absolute atomic E-state index is 0.121. The molecule has 6 heterocycles. The molecule has 0 fully saturated rings. The van der Waals surface area contributed by atoms with E-state index >= 15 is 0 Å². The molecular weight excluding hydrogens is 1550 g/mol. The third kappa shape index (κ3) is 19.5. The van der Waals surface area contributed by atoms with Crippen LogP contribution in [0.2, 0.25) is 15.1 Å². The van der Waals surface area contributed by atoms with Crippen LogP contribution in [0.4, 0.5) is 22.8 Å². The average Bonchev–Trinajstić information content (AvgIpc) is 1.62. The predicted molar refractivity (Wildman–Crippen MR) is 449 cm³/mol. The third-order valence-corrected chi connectivity index (χ3v) is 20.7. The molecule has 4 N–H and O–H groups in total. The van der Waals surface area contributed by atoms with Crippen molar-refractivity contribution in [3.05, 3.63) is 353 Å². The number of ether oxygens (including phenoxy) is 1. The van der Waals surface area contributed by atoms with Gasteiger partial charge in [0.2, 0.25) is 5.91 Å². The van der Waals surface area contributed by atoms with Crippen LogP contribution in [0.25, 0.3) is 52.0 Å². The standard InChI is InChI=1S/C31H29ClFN5O2.C30H26ClFN4O3.C30H26ClFN4O2/c1-3-34-31(40)37-18-23(17-21-9-13-25(33)14-10-21)29-27(19-37)28(36-38(29)26-15-11-24(32)12-16-26)30(39)35-20(2)22-7-5-4-6-8-22;1-19(21-6-4-3-5-7-21)33-29(37)27-26-18-35(30(38)39-2)17-22(16-20-8-12-24(32)13-9-20)28(26)36(34-27)25-14-10-23(31)11-15-25;1-19(22-6-4-3-5-7-22)33-30(38)28-27-18-35(20(2)37)17-23(16-21-8-12-25(32)13-9-21)29(27)36(34-28)26-14-10-24(31)11-15-26/h4-17,20H,3,18-19H2,1-2H3,(H,34,40)(H,35,39);3-16,19H,17-18H2,1-2H3,(H,33,37);3-16,19H,17-18H2,1-2H3,(H,33,38)/b23-17+;22-16+;23-16+/t20-;2*19-/m111/s1. The Morgan fingerprint density at radius 1 is 0.402 bits per heavy atom. The molecule has 20 nitrogen and oxygen atoms in total. The molecule has 0 spiro atoms. The van der Waals surface area contributed by atoms with Crippen molar-refractivity contribution in [2.75, 3.05) is 33.3 Å². The number of halogens is 6. The summed E-state index contributed by atoms with van der Waals surface area (Å²) < 4.78 is 51.0. The van der Waals surface area contributed by atoms with E-state index in [-0.39, 0.29) is 115 Å². The summed E-state index contributed by atoms with van der Waals surface area (Å²) in [6, 6.07) is 67.7. The van der Waals surface area contributed by atoms with E-state index in [4.69, 9.17) is 54.8 Å². The van der Waals surface area contributed by atoms with Crippen molar-refractivity contribution in [2.45, 2.75) is 72.4 Å². The summed E-state index contributed by atoms with van der Waals surface area (Å²) in [4.78, 5) is 84.0. The van der Waals surface area contributed by atoms with Gasteiger partial charge in [0.15, 0.2) is 17.1 Å². The molecule has 9 aromatic carbocycles. The molecule has 0 saturated carbocycles. The number of carbonyl (C=O) groups excluding carboxylic acids is 6. The largest absolute Gasteiger partial charge is 0.453 e. The number of amides is 7. The number of rotatable bonds is 16. The van der Waals surface area contributed by atoms with E-state index in [0.717, 1.165) is 55.9 Å². The van der Waals surface area contributed by atoms with Crippen molar-refractivity contribution in [1.82, 2.24) is 65.3 Å². The van der Waals surface area contributed by atoms with Gasteiger partial charge in [-0.1, -0.05) is 162 Å². The highest BCUT2D eigenvalue weighted by Gasteiger charge is 2.38. The van der Waals surface area contributed by atoms with E-state index in [2.05, 4.69) is 21.3 Å². The van der Waals surface area contributed by atoms with Crippen molar-refractivity contribution in [2.24, 2.45) is 0 Å². The molecule has 0 aliphatic carbocycles. The summed E-state index contributed by atoms with van der Waals surface area (Å²) in [5, 5.41) is 28.0. The van der Waals surface area contributed by atoms with E-state index in [9.17, 15) is 41.9 Å². The molecule has 3 aliphatic rings. The average molecular weight is 1630 g/mol. The first-order chi connectivity index (χ1) is 56.5. The Balaban J connectivity index is 0.000000152. The zero-order chi connectivity index (χ0) is 82.6. The molecular formula is C91H81Cl3F3N13O7. The molecule has 12 aromatic rings. The van der Waals surface area contributed by atoms with Gasteiger partial charge < -0.3 is 35.8 Å². The molecule has 0 bridgehead atoms. The summed E-state index contributed by atoms with van der Waals surface area (Å²) in [5.74, 6) is -2.20. The highest BCUT2D eigenvalue weighted by molar-refractivity contribution is 6.31. The molecule has 15 rings (SSSR count). The van der Waals surface area contributed by atoms with E-state index < -0.39 is 6.09 Å². The molecule has 26 heteroatoms. The van der Waals surface area contributed by atoms with E-state index in [1.165, 1.54) is 55.3 Å². The first-order valence-corrected chi connectivity index (χ1v) is 38.8. The number of nitrogens with zero attached hydrogens (tertiary/aromatic N) is 9. The van der Waals surface area contributed by atoms with Crippen LogP contribution in [0.15, 0.2) is 237 Å². The SMILES string of the molecule is CC(=O)N1C/C(=C\c2ccc(F)cc2)c2c(c(C(=O)N[C@H](C)c3ccccc3)nn2-c2ccc(Cl)cc2)C1.CCNC(=O)N1C/C(=C\c2ccc(F)cc2)c2c(c(C(=O)N[C@H](C)c3ccccc3)nn2-c2ccc(Cl)cc2)C1.COC(=O)N1C/C(=C\c2ccc(F)cc2)c2c(c(C(=O)N[C@H](C)c3ccccc3)nn2-c2ccc(Cl)cc2)C1. The Bertz CT molecular complexity index is 5710. The molecule has 594 valence electrons. The Kier molecular flexibility index (Phi) is 25.9. The zero-order valence-corrected chi connectivity index (χ0v) is 66.8. The lowest BCUT2D eigenvalue weighted by Crippen LogP contribution is -2.42. The third-order valence-electron chi connectivity index (χ3n) is 19.9. The summed E-state index contributed by atoms with van der Waals surface area (Å²) in [7, 11) is 1.31. The smallest absolute Gasteiger partial charge is 0.410 e. The summed E-state index contributed by atoms with van der Waals surface area (Å²) in [6.45, 7) is 10.9. The highest BCUT2D eigenvalue weighted by atomic mass is 35.5. The van der Waals surface area contributed by atoms with Gasteiger partial charge in [-0.3, -0.25) is 24.1 Å². The van der Waals surface area contributed by atoms with Crippen LogP contribution in [0.3, 0.4) is 0 Å². The molecule has 3 atom stereocenters. The first kappa shape index (κ1) is 81.9. The Hall–Kier alpha value is -13.1. The van der Waals surface area contributed by atoms with Crippen LogP contribution >= 0.6 is 34.8 Å². The fourth-order valence-corrected chi connectivity index (χ4v) is 14.4. The fourth-order valence-electron chi connectivity index (χ4n) is 14.0. The first-order valence-electron chi connectivity index (χ1n) is 37.7. The Morgan fingerprint density at radius 2 is 0.684 bits per heavy atom. The summed E-state index contributed by atoms with van der Waals surface area (Å²) in [6.07, 6.45) is 5.12. The van der Waals surface area contributed by atoms with Crippen molar-refractivity contribution >= 4 is 106 Å². The highest BCUT2D eigenvalue weighted by Crippen LogP contribution is 2.39. The maximum atomic E-state index is 13.7. The van der Waals surface area contributed by atoms with Crippen LogP contribution in [-0.2, 0) is 29.2 Å². The predicted octanol–water partition coefficient (Wildman–Crippen LogP) is 18.6.